The largest absolute Gasteiger partial charge is 0.352 e. The number of anilines is 1. The molecule has 23 heavy (non-hydrogen) atoms. The Labute approximate surface area is 139 Å². The van der Waals surface area contributed by atoms with Crippen molar-refractivity contribution in [3.63, 3.8) is 0 Å². The third kappa shape index (κ3) is 6.05. The van der Waals surface area contributed by atoms with Crippen LogP contribution in [0.15, 0.2) is 24.3 Å². The van der Waals surface area contributed by atoms with E-state index in [4.69, 9.17) is 0 Å². The lowest BCUT2D eigenvalue weighted by Gasteiger charge is -2.21. The Kier molecular flexibility index (Phi) is 7.11. The molecule has 2 N–H and O–H groups in total. The van der Waals surface area contributed by atoms with Crippen LogP contribution in [-0.4, -0.2) is 18.4 Å². The van der Waals surface area contributed by atoms with E-state index in [0.29, 0.717) is 30.1 Å². The normalized spacial score (nSPS) is 15.2. The monoisotopic (exact) mass is 316 g/mol. The lowest BCUT2D eigenvalue weighted by atomic mass is 9.86. The highest BCUT2D eigenvalue weighted by Gasteiger charge is 2.15. The number of amides is 2. The molecule has 0 heterocycles. The molecule has 4 nitrogen and oxygen atoms in total. The van der Waals surface area contributed by atoms with Crippen LogP contribution in [0.4, 0.5) is 5.69 Å². The molecule has 0 bridgehead atoms. The van der Waals surface area contributed by atoms with Crippen molar-refractivity contribution in [2.75, 3.05) is 11.9 Å². The molecule has 0 spiro atoms. The number of rotatable bonds is 7. The van der Waals surface area contributed by atoms with Crippen molar-refractivity contribution in [1.29, 1.82) is 0 Å². The fourth-order valence-electron chi connectivity index (χ4n) is 3.11. The van der Waals surface area contributed by atoms with Crippen LogP contribution in [0.2, 0.25) is 0 Å². The van der Waals surface area contributed by atoms with Crippen LogP contribution in [0, 0.1) is 5.92 Å². The highest BCUT2D eigenvalue weighted by atomic mass is 16.2. The van der Waals surface area contributed by atoms with Crippen LogP contribution in [0.3, 0.4) is 0 Å². The summed E-state index contributed by atoms with van der Waals surface area (Å²) in [5.74, 6) is 0.660. The van der Waals surface area contributed by atoms with Gasteiger partial charge in [0.2, 0.25) is 5.91 Å². The smallest absolute Gasteiger partial charge is 0.251 e. The van der Waals surface area contributed by atoms with Crippen LogP contribution >= 0.6 is 0 Å². The Balaban J connectivity index is 1.81. The van der Waals surface area contributed by atoms with Gasteiger partial charge in [-0.1, -0.05) is 45.1 Å². The molecule has 0 radical (unpaired) electrons. The first-order valence-corrected chi connectivity index (χ1v) is 8.87. The third-order valence-corrected chi connectivity index (χ3v) is 4.45. The lowest BCUT2D eigenvalue weighted by Crippen LogP contribution is -2.24. The quantitative estimate of drug-likeness (QED) is 0.795. The Hall–Kier alpha value is -1.84. The molecule has 1 aliphatic carbocycles. The summed E-state index contributed by atoms with van der Waals surface area (Å²) in [6, 6.07) is 7.14. The van der Waals surface area contributed by atoms with Gasteiger partial charge in [0.25, 0.3) is 5.91 Å². The summed E-state index contributed by atoms with van der Waals surface area (Å²) in [7, 11) is 0. The Morgan fingerprint density at radius 1 is 1.17 bits per heavy atom. The molecule has 4 heteroatoms. The first kappa shape index (κ1) is 17.5. The van der Waals surface area contributed by atoms with Crippen LogP contribution in [0.1, 0.15) is 68.6 Å². The van der Waals surface area contributed by atoms with E-state index in [9.17, 15) is 9.59 Å². The van der Waals surface area contributed by atoms with Crippen molar-refractivity contribution in [3.05, 3.63) is 29.8 Å². The van der Waals surface area contributed by atoms with Crippen molar-refractivity contribution in [3.8, 4) is 0 Å². The number of carbonyl (C=O) groups excluding carboxylic acids is 2. The fourth-order valence-corrected chi connectivity index (χ4v) is 3.11. The van der Waals surface area contributed by atoms with Gasteiger partial charge in [-0.3, -0.25) is 9.59 Å². The highest BCUT2D eigenvalue weighted by Crippen LogP contribution is 2.27. The van der Waals surface area contributed by atoms with Gasteiger partial charge in [-0.15, -0.1) is 0 Å². The molecule has 0 aliphatic heterocycles. The van der Waals surface area contributed by atoms with Crippen LogP contribution in [-0.2, 0) is 4.79 Å². The molecule has 1 saturated carbocycles. The SMILES string of the molecule is CCCNC(=O)c1cccc(NC(=O)CCC2CCCCC2)c1. The summed E-state index contributed by atoms with van der Waals surface area (Å²) in [6.45, 7) is 2.68. The van der Waals surface area contributed by atoms with Gasteiger partial charge in [-0.05, 0) is 37.0 Å². The summed E-state index contributed by atoms with van der Waals surface area (Å²) in [4.78, 5) is 24.0. The zero-order valence-corrected chi connectivity index (χ0v) is 14.1. The van der Waals surface area contributed by atoms with Gasteiger partial charge in [0.15, 0.2) is 0 Å². The molecule has 1 aromatic carbocycles. The number of nitrogens with one attached hydrogen (secondary N) is 2. The van der Waals surface area contributed by atoms with Gasteiger partial charge in [0, 0.05) is 24.2 Å². The highest BCUT2D eigenvalue weighted by molar-refractivity contribution is 5.97. The number of benzene rings is 1. The Bertz CT molecular complexity index is 522. The van der Waals surface area contributed by atoms with Gasteiger partial charge in [-0.25, -0.2) is 0 Å². The second kappa shape index (κ2) is 9.33. The predicted molar refractivity (Wildman–Crippen MR) is 93.5 cm³/mol. The molecule has 2 rings (SSSR count). The number of carbonyl (C=O) groups is 2. The lowest BCUT2D eigenvalue weighted by molar-refractivity contribution is -0.116. The standard InChI is InChI=1S/C19H28N2O2/c1-2-13-20-19(23)16-9-6-10-17(14-16)21-18(22)12-11-15-7-4-3-5-8-15/h6,9-10,14-15H,2-5,7-8,11-13H2,1H3,(H,20,23)(H,21,22). The third-order valence-electron chi connectivity index (χ3n) is 4.45. The molecule has 1 fully saturated rings. The number of hydrogen-bond donors (Lipinski definition) is 2. The molecule has 0 atom stereocenters. The molecular formula is C19H28N2O2. The minimum absolute atomic E-state index is 0.0432. The average Bonchev–Trinajstić information content (AvgIpc) is 2.59. The topological polar surface area (TPSA) is 58.2 Å². The maximum Gasteiger partial charge on any atom is 0.251 e. The minimum Gasteiger partial charge on any atom is -0.352 e. The summed E-state index contributed by atoms with van der Waals surface area (Å²) >= 11 is 0. The Morgan fingerprint density at radius 2 is 1.96 bits per heavy atom. The predicted octanol–water partition coefficient (Wildman–Crippen LogP) is 4.13. The van der Waals surface area contributed by atoms with Crippen LogP contribution in [0.5, 0.6) is 0 Å². The Morgan fingerprint density at radius 3 is 2.70 bits per heavy atom. The van der Waals surface area contributed by atoms with E-state index in [1.54, 1.807) is 18.2 Å². The minimum atomic E-state index is -0.0924. The van der Waals surface area contributed by atoms with Crippen molar-refractivity contribution in [2.24, 2.45) is 5.92 Å². The van der Waals surface area contributed by atoms with E-state index >= 15 is 0 Å². The van der Waals surface area contributed by atoms with E-state index in [-0.39, 0.29) is 11.8 Å². The summed E-state index contributed by atoms with van der Waals surface area (Å²) in [6.07, 6.45) is 8.93. The summed E-state index contributed by atoms with van der Waals surface area (Å²) in [5, 5.41) is 5.76. The first-order valence-electron chi connectivity index (χ1n) is 8.87. The van der Waals surface area contributed by atoms with E-state index < -0.39 is 0 Å². The number of hydrogen-bond acceptors (Lipinski definition) is 2. The molecule has 0 saturated heterocycles. The van der Waals surface area contributed by atoms with Crippen molar-refractivity contribution < 1.29 is 9.59 Å². The zero-order valence-electron chi connectivity index (χ0n) is 14.1. The molecule has 0 unspecified atom stereocenters. The van der Waals surface area contributed by atoms with Crippen molar-refractivity contribution in [1.82, 2.24) is 5.32 Å². The van der Waals surface area contributed by atoms with E-state index in [1.165, 1.54) is 32.1 Å². The second-order valence-corrected chi connectivity index (χ2v) is 6.43. The van der Waals surface area contributed by atoms with Crippen molar-refractivity contribution in [2.45, 2.75) is 58.3 Å². The second-order valence-electron chi connectivity index (χ2n) is 6.43. The maximum atomic E-state index is 12.1. The van der Waals surface area contributed by atoms with Gasteiger partial charge in [0.1, 0.15) is 0 Å². The fraction of sp³-hybridized carbons (Fsp3) is 0.579. The van der Waals surface area contributed by atoms with Gasteiger partial charge >= 0.3 is 0 Å². The van der Waals surface area contributed by atoms with Gasteiger partial charge < -0.3 is 10.6 Å². The van der Waals surface area contributed by atoms with E-state index in [1.807, 2.05) is 13.0 Å². The van der Waals surface area contributed by atoms with Crippen LogP contribution < -0.4 is 10.6 Å². The first-order chi connectivity index (χ1) is 11.2. The molecule has 2 amide bonds. The molecule has 126 valence electrons. The van der Waals surface area contributed by atoms with Gasteiger partial charge in [-0.2, -0.15) is 0 Å². The zero-order chi connectivity index (χ0) is 16.5. The van der Waals surface area contributed by atoms with E-state index in [2.05, 4.69) is 10.6 Å². The average molecular weight is 316 g/mol. The molecule has 0 aromatic heterocycles. The van der Waals surface area contributed by atoms with Gasteiger partial charge in [0.05, 0.1) is 0 Å². The van der Waals surface area contributed by atoms with E-state index in [0.717, 1.165) is 12.8 Å². The summed E-state index contributed by atoms with van der Waals surface area (Å²) < 4.78 is 0. The summed E-state index contributed by atoms with van der Waals surface area (Å²) in [5.41, 5.74) is 1.28. The van der Waals surface area contributed by atoms with Crippen molar-refractivity contribution >= 4 is 17.5 Å². The maximum absolute atomic E-state index is 12.1. The molecule has 1 aliphatic rings. The molecule has 1 aromatic rings. The molecular weight excluding hydrogens is 288 g/mol. The van der Waals surface area contributed by atoms with Crippen LogP contribution in [0.25, 0.3) is 0 Å².